The molecule has 1 saturated heterocycles. The molecule has 1 saturated carbocycles. The van der Waals surface area contributed by atoms with Gasteiger partial charge in [0, 0.05) is 17.8 Å². The van der Waals surface area contributed by atoms with Crippen molar-refractivity contribution in [3.05, 3.63) is 0 Å². The van der Waals surface area contributed by atoms with Gasteiger partial charge in [0.25, 0.3) is 0 Å². The van der Waals surface area contributed by atoms with E-state index in [1.54, 1.807) is 11.8 Å². The summed E-state index contributed by atoms with van der Waals surface area (Å²) in [4.78, 5) is 12.1. The average molecular weight is 256 g/mol. The van der Waals surface area contributed by atoms with Gasteiger partial charge in [-0.15, -0.1) is 0 Å². The highest BCUT2D eigenvalue weighted by molar-refractivity contribution is 7.98. The summed E-state index contributed by atoms with van der Waals surface area (Å²) >= 11 is 1.78. The lowest BCUT2D eigenvalue weighted by molar-refractivity contribution is -0.123. The quantitative estimate of drug-likeness (QED) is 0.805. The largest absolute Gasteiger partial charge is 0.351 e. The van der Waals surface area contributed by atoms with Gasteiger partial charge < -0.3 is 10.6 Å². The van der Waals surface area contributed by atoms with E-state index in [1.807, 2.05) is 0 Å². The first-order chi connectivity index (χ1) is 8.20. The Morgan fingerprint density at radius 1 is 1.47 bits per heavy atom. The highest BCUT2D eigenvalue weighted by atomic mass is 32.2. The van der Waals surface area contributed by atoms with Crippen LogP contribution >= 0.6 is 11.8 Å². The van der Waals surface area contributed by atoms with E-state index in [0.717, 1.165) is 18.1 Å². The normalized spacial score (nSPS) is 34.1. The average Bonchev–Trinajstić information content (AvgIpc) is 2.72. The molecule has 98 valence electrons. The van der Waals surface area contributed by atoms with Gasteiger partial charge in [-0.3, -0.25) is 4.79 Å². The molecular weight excluding hydrogens is 232 g/mol. The van der Waals surface area contributed by atoms with E-state index in [9.17, 15) is 4.79 Å². The van der Waals surface area contributed by atoms with Gasteiger partial charge in [0.05, 0.1) is 6.04 Å². The Morgan fingerprint density at radius 3 is 2.94 bits per heavy atom. The summed E-state index contributed by atoms with van der Waals surface area (Å²) in [6.07, 6.45) is 8.36. The number of thioether (sulfide) groups is 1. The van der Waals surface area contributed by atoms with Crippen LogP contribution in [-0.2, 0) is 4.79 Å². The van der Waals surface area contributed by atoms with Crippen LogP contribution in [0.3, 0.4) is 0 Å². The Morgan fingerprint density at radius 2 is 2.24 bits per heavy atom. The van der Waals surface area contributed by atoms with Crippen LogP contribution in [0.15, 0.2) is 0 Å². The van der Waals surface area contributed by atoms with E-state index in [0.29, 0.717) is 6.04 Å². The van der Waals surface area contributed by atoms with Crippen LogP contribution in [0.25, 0.3) is 0 Å². The first-order valence-corrected chi connectivity index (χ1v) is 8.15. The Hall–Kier alpha value is -0.220. The Bertz CT molecular complexity index is 258. The predicted octanol–water partition coefficient (Wildman–Crippen LogP) is 1.77. The van der Waals surface area contributed by atoms with Gasteiger partial charge in [-0.25, -0.2) is 0 Å². The highest BCUT2D eigenvalue weighted by Crippen LogP contribution is 2.33. The maximum Gasteiger partial charge on any atom is 0.237 e. The van der Waals surface area contributed by atoms with Crippen molar-refractivity contribution in [2.24, 2.45) is 5.92 Å². The van der Waals surface area contributed by atoms with Crippen molar-refractivity contribution in [2.45, 2.75) is 57.2 Å². The second-order valence-electron chi connectivity index (χ2n) is 5.47. The lowest BCUT2D eigenvalue weighted by Crippen LogP contribution is -2.46. The summed E-state index contributed by atoms with van der Waals surface area (Å²) in [5.41, 5.74) is 0. The number of hydrogen-bond donors (Lipinski definition) is 2. The first-order valence-electron chi connectivity index (χ1n) is 6.76. The fourth-order valence-electron chi connectivity index (χ4n) is 3.16. The zero-order chi connectivity index (χ0) is 12.3. The third-order valence-corrected chi connectivity index (χ3v) is 4.82. The predicted molar refractivity (Wildman–Crippen MR) is 73.3 cm³/mol. The molecule has 4 heteroatoms. The van der Waals surface area contributed by atoms with Crippen LogP contribution in [0.5, 0.6) is 0 Å². The first kappa shape index (κ1) is 13.2. The summed E-state index contributed by atoms with van der Waals surface area (Å²) in [6, 6.07) is 0.949. The molecule has 2 N–H and O–H groups in total. The van der Waals surface area contributed by atoms with Crippen LogP contribution in [0.4, 0.5) is 0 Å². The minimum Gasteiger partial charge on any atom is -0.351 e. The number of fused-ring (bicyclic) bond motifs is 1. The maximum absolute atomic E-state index is 12.1. The Kier molecular flexibility index (Phi) is 4.74. The van der Waals surface area contributed by atoms with E-state index in [4.69, 9.17) is 0 Å². The molecule has 0 aromatic heterocycles. The van der Waals surface area contributed by atoms with E-state index < -0.39 is 0 Å². The van der Waals surface area contributed by atoms with Crippen molar-refractivity contribution in [2.75, 3.05) is 12.0 Å². The maximum atomic E-state index is 12.1. The number of rotatable bonds is 4. The van der Waals surface area contributed by atoms with Gasteiger partial charge in [-0.2, -0.15) is 11.8 Å². The molecule has 1 aliphatic heterocycles. The van der Waals surface area contributed by atoms with Crippen LogP contribution in [0.1, 0.15) is 39.0 Å². The number of amides is 1. The molecule has 0 aromatic rings. The van der Waals surface area contributed by atoms with Crippen molar-refractivity contribution < 1.29 is 4.79 Å². The molecule has 2 aliphatic rings. The monoisotopic (exact) mass is 256 g/mol. The molecule has 4 unspecified atom stereocenters. The zero-order valence-corrected chi connectivity index (χ0v) is 11.7. The summed E-state index contributed by atoms with van der Waals surface area (Å²) < 4.78 is 0. The number of nitrogens with one attached hydrogen (secondary N) is 2. The SMILES string of the molecule is CSCC(C)NC(=O)C1CC2CCCCC2N1. The summed E-state index contributed by atoms with van der Waals surface area (Å²) in [7, 11) is 0. The molecule has 4 atom stereocenters. The zero-order valence-electron chi connectivity index (χ0n) is 10.9. The van der Waals surface area contributed by atoms with Crippen LogP contribution in [0, 0.1) is 5.92 Å². The van der Waals surface area contributed by atoms with Crippen molar-refractivity contribution in [3.8, 4) is 0 Å². The Balaban J connectivity index is 1.80. The Labute approximate surface area is 108 Å². The molecule has 0 aromatic carbocycles. The topological polar surface area (TPSA) is 41.1 Å². The third-order valence-electron chi connectivity index (χ3n) is 3.98. The number of carbonyl (C=O) groups excluding carboxylic acids is 1. The fraction of sp³-hybridized carbons (Fsp3) is 0.923. The minimum atomic E-state index is 0.0624. The van der Waals surface area contributed by atoms with Gasteiger partial charge in [-0.05, 0) is 38.4 Å². The number of hydrogen-bond acceptors (Lipinski definition) is 3. The van der Waals surface area contributed by atoms with Crippen LogP contribution < -0.4 is 10.6 Å². The molecule has 1 amide bonds. The molecule has 17 heavy (non-hydrogen) atoms. The fourth-order valence-corrected chi connectivity index (χ4v) is 3.74. The van der Waals surface area contributed by atoms with Crippen LogP contribution in [0.2, 0.25) is 0 Å². The molecule has 3 nitrogen and oxygen atoms in total. The van der Waals surface area contributed by atoms with Crippen molar-refractivity contribution in [1.29, 1.82) is 0 Å². The van der Waals surface area contributed by atoms with Crippen molar-refractivity contribution in [3.63, 3.8) is 0 Å². The molecule has 0 radical (unpaired) electrons. The second-order valence-corrected chi connectivity index (χ2v) is 6.38. The lowest BCUT2D eigenvalue weighted by atomic mass is 9.85. The van der Waals surface area contributed by atoms with Gasteiger partial charge in [0.1, 0.15) is 0 Å². The van der Waals surface area contributed by atoms with Gasteiger partial charge in [-0.1, -0.05) is 12.8 Å². The second kappa shape index (κ2) is 6.10. The smallest absolute Gasteiger partial charge is 0.237 e. The molecule has 1 heterocycles. The molecule has 1 aliphatic carbocycles. The number of carbonyl (C=O) groups is 1. The summed E-state index contributed by atoms with van der Waals surface area (Å²) in [5.74, 6) is 1.95. The highest BCUT2D eigenvalue weighted by Gasteiger charge is 2.38. The molecule has 2 rings (SSSR count). The lowest BCUT2D eigenvalue weighted by Gasteiger charge is -2.24. The van der Waals surface area contributed by atoms with Crippen molar-refractivity contribution in [1.82, 2.24) is 10.6 Å². The standard InChI is InChI=1S/C13H24N2OS/c1-9(8-17-2)14-13(16)12-7-10-5-3-4-6-11(10)15-12/h9-12,15H,3-8H2,1-2H3,(H,14,16). The van der Waals surface area contributed by atoms with Crippen LogP contribution in [-0.4, -0.2) is 36.0 Å². The van der Waals surface area contributed by atoms with Gasteiger partial charge in [0.15, 0.2) is 0 Å². The molecular formula is C13H24N2OS. The van der Waals surface area contributed by atoms with Gasteiger partial charge >= 0.3 is 0 Å². The van der Waals surface area contributed by atoms with E-state index in [2.05, 4.69) is 23.8 Å². The molecule has 0 spiro atoms. The van der Waals surface area contributed by atoms with E-state index in [1.165, 1.54) is 25.7 Å². The third kappa shape index (κ3) is 3.38. The summed E-state index contributed by atoms with van der Waals surface area (Å²) in [6.45, 7) is 2.08. The molecule has 0 bridgehead atoms. The van der Waals surface area contributed by atoms with Crippen molar-refractivity contribution >= 4 is 17.7 Å². The van der Waals surface area contributed by atoms with E-state index in [-0.39, 0.29) is 18.0 Å². The summed E-state index contributed by atoms with van der Waals surface area (Å²) in [5, 5.41) is 6.63. The molecule has 2 fully saturated rings. The van der Waals surface area contributed by atoms with Gasteiger partial charge in [0.2, 0.25) is 5.91 Å². The van der Waals surface area contributed by atoms with E-state index >= 15 is 0 Å². The minimum absolute atomic E-state index is 0.0624.